The van der Waals surface area contributed by atoms with Crippen molar-refractivity contribution in [2.24, 2.45) is 4.99 Å². The molecular formula is C15H23F4IN4. The molecule has 0 amide bonds. The van der Waals surface area contributed by atoms with Crippen molar-refractivity contribution in [2.75, 3.05) is 33.7 Å². The van der Waals surface area contributed by atoms with Crippen molar-refractivity contribution in [1.82, 2.24) is 15.5 Å². The van der Waals surface area contributed by atoms with E-state index in [1.807, 2.05) is 14.0 Å². The molecule has 0 aromatic heterocycles. The molecular weight excluding hydrogens is 439 g/mol. The van der Waals surface area contributed by atoms with Crippen molar-refractivity contribution in [3.05, 3.63) is 35.1 Å². The Kier molecular flexibility index (Phi) is 10.2. The number of alkyl halides is 3. The molecule has 0 unspecified atom stereocenters. The van der Waals surface area contributed by atoms with Crippen molar-refractivity contribution in [3.8, 4) is 0 Å². The van der Waals surface area contributed by atoms with E-state index in [4.69, 9.17) is 0 Å². The van der Waals surface area contributed by atoms with E-state index in [0.29, 0.717) is 18.6 Å². The lowest BCUT2D eigenvalue weighted by molar-refractivity contribution is -0.138. The zero-order valence-corrected chi connectivity index (χ0v) is 16.2. The molecule has 1 aromatic rings. The van der Waals surface area contributed by atoms with Crippen LogP contribution in [0, 0.1) is 5.82 Å². The van der Waals surface area contributed by atoms with E-state index in [1.165, 1.54) is 7.05 Å². The minimum Gasteiger partial charge on any atom is -0.355 e. The second-order valence-electron chi connectivity index (χ2n) is 5.05. The zero-order chi connectivity index (χ0) is 17.5. The van der Waals surface area contributed by atoms with Crippen LogP contribution >= 0.6 is 24.0 Å². The molecule has 0 bridgehead atoms. The van der Waals surface area contributed by atoms with Crippen LogP contribution in [0.4, 0.5) is 17.6 Å². The molecule has 0 saturated heterocycles. The van der Waals surface area contributed by atoms with Gasteiger partial charge in [0.2, 0.25) is 0 Å². The topological polar surface area (TPSA) is 39.7 Å². The number of nitrogens with one attached hydrogen (secondary N) is 2. The van der Waals surface area contributed by atoms with Gasteiger partial charge in [0, 0.05) is 26.7 Å². The van der Waals surface area contributed by atoms with Crippen LogP contribution in [0.1, 0.15) is 18.1 Å². The lowest BCUT2D eigenvalue weighted by Gasteiger charge is -2.18. The first-order valence-corrected chi connectivity index (χ1v) is 7.26. The lowest BCUT2D eigenvalue weighted by Crippen LogP contribution is -2.40. The summed E-state index contributed by atoms with van der Waals surface area (Å²) in [6.07, 6.45) is -4.60. The van der Waals surface area contributed by atoms with Crippen LogP contribution in [0.5, 0.6) is 0 Å². The molecule has 0 aliphatic heterocycles. The largest absolute Gasteiger partial charge is 0.416 e. The summed E-state index contributed by atoms with van der Waals surface area (Å²) in [6, 6.07) is 2.64. The molecule has 0 fully saturated rings. The van der Waals surface area contributed by atoms with Crippen LogP contribution in [0.2, 0.25) is 0 Å². The molecule has 1 aromatic carbocycles. The van der Waals surface area contributed by atoms with Crippen molar-refractivity contribution >= 4 is 29.9 Å². The smallest absolute Gasteiger partial charge is 0.355 e. The Labute approximate surface area is 156 Å². The van der Waals surface area contributed by atoms with Crippen molar-refractivity contribution in [3.63, 3.8) is 0 Å². The maximum absolute atomic E-state index is 13.1. The van der Waals surface area contributed by atoms with Gasteiger partial charge in [-0.05, 0) is 31.3 Å². The Hall–Kier alpha value is -1.10. The number of nitrogens with zero attached hydrogens (tertiary/aromatic N) is 2. The van der Waals surface area contributed by atoms with Crippen molar-refractivity contribution in [2.45, 2.75) is 19.6 Å². The highest BCUT2D eigenvalue weighted by Crippen LogP contribution is 2.32. The molecule has 138 valence electrons. The fourth-order valence-electron chi connectivity index (χ4n) is 1.89. The van der Waals surface area contributed by atoms with Gasteiger partial charge < -0.3 is 15.5 Å². The Balaban J connectivity index is 0.00000529. The van der Waals surface area contributed by atoms with Crippen molar-refractivity contribution < 1.29 is 17.6 Å². The van der Waals surface area contributed by atoms with Gasteiger partial charge in [0.1, 0.15) is 5.82 Å². The summed E-state index contributed by atoms with van der Waals surface area (Å²) in [7, 11) is 3.50. The third kappa shape index (κ3) is 7.65. The van der Waals surface area contributed by atoms with Crippen LogP contribution in [-0.4, -0.2) is 44.6 Å². The van der Waals surface area contributed by atoms with Gasteiger partial charge in [-0.25, -0.2) is 4.39 Å². The van der Waals surface area contributed by atoms with Gasteiger partial charge in [0.15, 0.2) is 5.96 Å². The van der Waals surface area contributed by atoms with Gasteiger partial charge in [-0.15, -0.1) is 24.0 Å². The molecule has 0 radical (unpaired) electrons. The van der Waals surface area contributed by atoms with E-state index in [9.17, 15) is 17.6 Å². The average molecular weight is 462 g/mol. The SMILES string of the molecule is CCN(C)CCNC(=NC)NCc1ccc(F)cc1C(F)(F)F.I. The van der Waals surface area contributed by atoms with E-state index >= 15 is 0 Å². The van der Waals surface area contributed by atoms with Crippen molar-refractivity contribution in [1.29, 1.82) is 0 Å². The molecule has 0 aliphatic carbocycles. The molecule has 0 aliphatic rings. The van der Waals surface area contributed by atoms with E-state index in [1.54, 1.807) is 0 Å². The van der Waals surface area contributed by atoms with Crippen LogP contribution in [0.25, 0.3) is 0 Å². The zero-order valence-electron chi connectivity index (χ0n) is 13.9. The van der Waals surface area contributed by atoms with Gasteiger partial charge in [0.25, 0.3) is 0 Å². The monoisotopic (exact) mass is 462 g/mol. The average Bonchev–Trinajstić information content (AvgIpc) is 2.50. The number of rotatable bonds is 6. The van der Waals surface area contributed by atoms with Crippen LogP contribution in [0.15, 0.2) is 23.2 Å². The predicted molar refractivity (Wildman–Crippen MR) is 98.2 cm³/mol. The summed E-state index contributed by atoms with van der Waals surface area (Å²) in [5.74, 6) is -0.516. The second-order valence-corrected chi connectivity index (χ2v) is 5.05. The van der Waals surface area contributed by atoms with Crippen LogP contribution in [-0.2, 0) is 12.7 Å². The molecule has 0 atom stereocenters. The van der Waals surface area contributed by atoms with Gasteiger partial charge >= 0.3 is 6.18 Å². The maximum atomic E-state index is 13.1. The molecule has 2 N–H and O–H groups in total. The number of aliphatic imine (C=N–C) groups is 1. The number of benzene rings is 1. The van der Waals surface area contributed by atoms with Crippen LogP contribution < -0.4 is 10.6 Å². The van der Waals surface area contributed by atoms with E-state index in [2.05, 4.69) is 20.5 Å². The van der Waals surface area contributed by atoms with Gasteiger partial charge in [-0.1, -0.05) is 13.0 Å². The third-order valence-electron chi connectivity index (χ3n) is 3.37. The summed E-state index contributed by atoms with van der Waals surface area (Å²) < 4.78 is 51.8. The summed E-state index contributed by atoms with van der Waals surface area (Å²) in [5.41, 5.74) is -1.02. The molecule has 0 saturated carbocycles. The standard InChI is InChI=1S/C15H22F4N4.HI/c1-4-23(3)8-7-21-14(20-2)22-10-11-5-6-12(16)9-13(11)15(17,18)19;/h5-6,9H,4,7-8,10H2,1-3H3,(H2,20,21,22);1H. The first kappa shape index (κ1) is 22.9. The van der Waals surface area contributed by atoms with Gasteiger partial charge in [-0.2, -0.15) is 13.2 Å². The quantitative estimate of drug-likeness (QED) is 0.296. The Morgan fingerprint density at radius 1 is 1.25 bits per heavy atom. The number of hydrogen-bond acceptors (Lipinski definition) is 2. The minimum absolute atomic E-state index is 0. The molecule has 1 rings (SSSR count). The van der Waals surface area contributed by atoms with E-state index in [-0.39, 0.29) is 36.1 Å². The highest BCUT2D eigenvalue weighted by molar-refractivity contribution is 14.0. The first-order chi connectivity index (χ1) is 10.8. The third-order valence-corrected chi connectivity index (χ3v) is 3.37. The molecule has 9 heteroatoms. The summed E-state index contributed by atoms with van der Waals surface area (Å²) in [5, 5.41) is 5.82. The van der Waals surface area contributed by atoms with E-state index < -0.39 is 17.6 Å². The van der Waals surface area contributed by atoms with E-state index in [0.717, 1.165) is 25.2 Å². The lowest BCUT2D eigenvalue weighted by atomic mass is 10.1. The molecule has 0 spiro atoms. The summed E-state index contributed by atoms with van der Waals surface area (Å²) >= 11 is 0. The fraction of sp³-hybridized carbons (Fsp3) is 0.533. The first-order valence-electron chi connectivity index (χ1n) is 7.26. The van der Waals surface area contributed by atoms with Gasteiger partial charge in [-0.3, -0.25) is 4.99 Å². The molecule has 0 heterocycles. The number of likely N-dealkylation sites (N-methyl/N-ethyl adjacent to an activating group) is 1. The second kappa shape index (κ2) is 10.7. The summed E-state index contributed by atoms with van der Waals surface area (Å²) in [4.78, 5) is 6.04. The molecule has 24 heavy (non-hydrogen) atoms. The predicted octanol–water partition coefficient (Wildman–Crippen LogP) is 3.08. The maximum Gasteiger partial charge on any atom is 0.416 e. The highest BCUT2D eigenvalue weighted by Gasteiger charge is 2.33. The van der Waals surface area contributed by atoms with Gasteiger partial charge in [0.05, 0.1) is 5.56 Å². The fourth-order valence-corrected chi connectivity index (χ4v) is 1.89. The number of hydrogen-bond donors (Lipinski definition) is 2. The molecule has 4 nitrogen and oxygen atoms in total. The Bertz CT molecular complexity index is 535. The normalized spacial score (nSPS) is 12.1. The van der Waals surface area contributed by atoms with Crippen LogP contribution in [0.3, 0.4) is 0 Å². The number of guanidine groups is 1. The minimum atomic E-state index is -4.60. The highest BCUT2D eigenvalue weighted by atomic mass is 127. The number of halogens is 5. The Morgan fingerprint density at radius 3 is 2.46 bits per heavy atom. The Morgan fingerprint density at radius 2 is 1.92 bits per heavy atom. The summed E-state index contributed by atoms with van der Waals surface area (Å²) in [6.45, 7) is 4.22.